The van der Waals surface area contributed by atoms with E-state index in [9.17, 15) is 23.1 Å². The standard InChI is InChI=1S/C30H43N3O8S2/c1-20(2)16-33(43(37,38)22-12-13-26-27(15-22)40-19-39-26)17-25(34)23(14-21-10-8-7-9-11-21)31-28(35)24(18-42-6)32-29(36)41-30(3,4)5/h7-13,15,20,23-25,34H,14,16-19H2,1-6H3,(H,31,35)(H,32,36)/t23-,24-,25+/m0/s1. The van der Waals surface area contributed by atoms with Crippen molar-refractivity contribution in [2.45, 2.75) is 69.7 Å². The Kier molecular flexibility index (Phi) is 12.1. The molecule has 43 heavy (non-hydrogen) atoms. The van der Waals surface area contributed by atoms with Crippen molar-refractivity contribution in [1.29, 1.82) is 0 Å². The van der Waals surface area contributed by atoms with Crippen molar-refractivity contribution in [2.24, 2.45) is 5.92 Å². The van der Waals surface area contributed by atoms with E-state index in [4.69, 9.17) is 14.2 Å². The Morgan fingerprint density at radius 3 is 2.35 bits per heavy atom. The number of nitrogens with one attached hydrogen (secondary N) is 2. The molecule has 0 aromatic heterocycles. The van der Waals surface area contributed by atoms with Gasteiger partial charge in [0.25, 0.3) is 0 Å². The molecule has 0 saturated carbocycles. The molecule has 3 N–H and O–H groups in total. The smallest absolute Gasteiger partial charge is 0.408 e. The van der Waals surface area contributed by atoms with Gasteiger partial charge in [0.1, 0.15) is 11.6 Å². The van der Waals surface area contributed by atoms with Crippen LogP contribution >= 0.6 is 11.8 Å². The van der Waals surface area contributed by atoms with Crippen molar-refractivity contribution < 1.29 is 37.3 Å². The van der Waals surface area contributed by atoms with E-state index in [1.807, 2.05) is 44.2 Å². The summed E-state index contributed by atoms with van der Waals surface area (Å²) in [5, 5.41) is 17.0. The van der Waals surface area contributed by atoms with Gasteiger partial charge in [0.15, 0.2) is 11.5 Å². The molecule has 3 atom stereocenters. The molecule has 2 amide bonds. The molecule has 238 valence electrons. The molecule has 3 rings (SSSR count). The lowest BCUT2D eigenvalue weighted by Gasteiger charge is -2.31. The predicted octanol–water partition coefficient (Wildman–Crippen LogP) is 3.41. The molecule has 1 heterocycles. The van der Waals surface area contributed by atoms with Crippen LogP contribution in [0.1, 0.15) is 40.2 Å². The van der Waals surface area contributed by atoms with Gasteiger partial charge in [-0.25, -0.2) is 13.2 Å². The van der Waals surface area contributed by atoms with E-state index in [0.717, 1.165) is 5.56 Å². The quantitative estimate of drug-likeness (QED) is 0.284. The number of carbonyl (C=O) groups excluding carboxylic acids is 2. The van der Waals surface area contributed by atoms with Crippen molar-refractivity contribution in [3.8, 4) is 11.5 Å². The molecule has 0 radical (unpaired) electrons. The van der Waals surface area contributed by atoms with Gasteiger partial charge in [0.05, 0.1) is 17.0 Å². The second kappa shape index (κ2) is 15.1. The number of thioether (sulfide) groups is 1. The maximum atomic E-state index is 13.8. The number of rotatable bonds is 14. The SMILES string of the molecule is CSC[C@H](NC(=O)OC(C)(C)C)C(=O)N[C@@H](Cc1ccccc1)[C@H](O)CN(CC(C)C)S(=O)(=O)c1ccc2c(c1)OCO2. The monoisotopic (exact) mass is 637 g/mol. The highest BCUT2D eigenvalue weighted by molar-refractivity contribution is 7.98. The minimum atomic E-state index is -4.06. The van der Waals surface area contributed by atoms with E-state index in [1.165, 1.54) is 28.2 Å². The molecule has 1 aliphatic heterocycles. The lowest BCUT2D eigenvalue weighted by molar-refractivity contribution is -0.124. The van der Waals surface area contributed by atoms with Gasteiger partial charge >= 0.3 is 6.09 Å². The summed E-state index contributed by atoms with van der Waals surface area (Å²) in [5.74, 6) is 0.478. The molecular weight excluding hydrogens is 594 g/mol. The minimum absolute atomic E-state index is 0.00837. The maximum absolute atomic E-state index is 13.8. The number of sulfonamides is 1. The highest BCUT2D eigenvalue weighted by atomic mass is 32.2. The largest absolute Gasteiger partial charge is 0.454 e. The summed E-state index contributed by atoms with van der Waals surface area (Å²) < 4.78 is 44.9. The van der Waals surface area contributed by atoms with E-state index >= 15 is 0 Å². The Morgan fingerprint density at radius 2 is 1.72 bits per heavy atom. The average molecular weight is 638 g/mol. The van der Waals surface area contributed by atoms with Crippen LogP contribution in [0.2, 0.25) is 0 Å². The molecule has 0 saturated heterocycles. The minimum Gasteiger partial charge on any atom is -0.454 e. The van der Waals surface area contributed by atoms with Crippen LogP contribution in [-0.2, 0) is 26.0 Å². The zero-order chi connectivity index (χ0) is 31.8. The number of aliphatic hydroxyl groups excluding tert-OH is 1. The van der Waals surface area contributed by atoms with Crippen LogP contribution in [0, 0.1) is 5.92 Å². The van der Waals surface area contributed by atoms with E-state index in [-0.39, 0.29) is 42.9 Å². The summed E-state index contributed by atoms with van der Waals surface area (Å²) >= 11 is 1.36. The van der Waals surface area contributed by atoms with Gasteiger partial charge in [-0.2, -0.15) is 16.1 Å². The third-order valence-corrected chi connectivity index (χ3v) is 8.87. The number of ether oxygens (including phenoxy) is 3. The molecule has 13 heteroatoms. The van der Waals surface area contributed by atoms with Gasteiger partial charge in [-0.1, -0.05) is 44.2 Å². The lowest BCUT2D eigenvalue weighted by atomic mass is 10.0. The summed E-state index contributed by atoms with van der Waals surface area (Å²) in [7, 11) is -4.06. The topological polar surface area (TPSA) is 143 Å². The van der Waals surface area contributed by atoms with Crippen molar-refractivity contribution in [1.82, 2.24) is 14.9 Å². The van der Waals surface area contributed by atoms with Gasteiger partial charge in [-0.15, -0.1) is 0 Å². The fourth-order valence-corrected chi connectivity index (χ4v) is 6.64. The third kappa shape index (κ3) is 10.3. The molecule has 0 spiro atoms. The first-order chi connectivity index (χ1) is 20.2. The highest BCUT2D eigenvalue weighted by Crippen LogP contribution is 2.35. The first-order valence-corrected chi connectivity index (χ1v) is 16.9. The first kappa shape index (κ1) is 34.5. The molecule has 0 aliphatic carbocycles. The van der Waals surface area contributed by atoms with Crippen LogP contribution in [0.15, 0.2) is 53.4 Å². The van der Waals surface area contributed by atoms with Gasteiger partial charge < -0.3 is 30.0 Å². The third-order valence-electron chi connectivity index (χ3n) is 6.37. The fourth-order valence-electron chi connectivity index (χ4n) is 4.43. The van der Waals surface area contributed by atoms with E-state index in [2.05, 4.69) is 10.6 Å². The van der Waals surface area contributed by atoms with Crippen LogP contribution in [-0.4, -0.2) is 85.5 Å². The number of hydrogen-bond acceptors (Lipinski definition) is 9. The Hall–Kier alpha value is -3.00. The van der Waals surface area contributed by atoms with Crippen LogP contribution in [0.3, 0.4) is 0 Å². The summed E-state index contributed by atoms with van der Waals surface area (Å²) in [4.78, 5) is 25.9. The van der Waals surface area contributed by atoms with Crippen LogP contribution in [0.4, 0.5) is 4.79 Å². The molecular formula is C30H43N3O8S2. The zero-order valence-electron chi connectivity index (χ0n) is 25.5. The maximum Gasteiger partial charge on any atom is 0.408 e. The number of benzene rings is 2. The molecule has 0 fully saturated rings. The van der Waals surface area contributed by atoms with Gasteiger partial charge in [0, 0.05) is 24.9 Å². The Bertz CT molecular complexity index is 1330. The van der Waals surface area contributed by atoms with E-state index in [0.29, 0.717) is 11.5 Å². The van der Waals surface area contributed by atoms with Gasteiger partial charge in [-0.05, 0) is 57.1 Å². The van der Waals surface area contributed by atoms with Gasteiger partial charge in [-0.3, -0.25) is 4.79 Å². The number of carbonyl (C=O) groups is 2. The van der Waals surface area contributed by atoms with Crippen molar-refractivity contribution in [3.05, 3.63) is 54.1 Å². The van der Waals surface area contributed by atoms with E-state index < -0.39 is 45.8 Å². The number of aliphatic hydroxyl groups is 1. The second-order valence-electron chi connectivity index (χ2n) is 11.8. The van der Waals surface area contributed by atoms with Gasteiger partial charge in [0.2, 0.25) is 22.7 Å². The Morgan fingerprint density at radius 1 is 1.05 bits per heavy atom. The summed E-state index contributed by atoms with van der Waals surface area (Å²) in [6.07, 6.45) is 0.00658. The summed E-state index contributed by atoms with van der Waals surface area (Å²) in [5.41, 5.74) is 0.0854. The molecule has 0 unspecified atom stereocenters. The molecule has 0 bridgehead atoms. The molecule has 11 nitrogen and oxygen atoms in total. The van der Waals surface area contributed by atoms with Crippen molar-refractivity contribution >= 4 is 33.8 Å². The summed E-state index contributed by atoms with van der Waals surface area (Å²) in [6.45, 7) is 8.80. The first-order valence-electron chi connectivity index (χ1n) is 14.1. The Balaban J connectivity index is 1.86. The fraction of sp³-hybridized carbons (Fsp3) is 0.533. The number of alkyl carbamates (subject to hydrolysis) is 1. The Labute approximate surface area is 258 Å². The molecule has 2 aromatic rings. The number of nitrogens with zero attached hydrogens (tertiary/aromatic N) is 1. The molecule has 1 aliphatic rings. The van der Waals surface area contributed by atoms with Crippen LogP contribution < -0.4 is 20.1 Å². The van der Waals surface area contributed by atoms with Crippen molar-refractivity contribution in [3.63, 3.8) is 0 Å². The lowest BCUT2D eigenvalue weighted by Crippen LogP contribution is -2.56. The second-order valence-corrected chi connectivity index (χ2v) is 14.6. The predicted molar refractivity (Wildman–Crippen MR) is 166 cm³/mol. The number of hydrogen-bond donors (Lipinski definition) is 3. The zero-order valence-corrected chi connectivity index (χ0v) is 27.2. The van der Waals surface area contributed by atoms with Crippen molar-refractivity contribution in [2.75, 3.05) is 31.9 Å². The number of amides is 2. The normalized spacial score (nSPS) is 15.2. The van der Waals surface area contributed by atoms with Crippen LogP contribution in [0.5, 0.6) is 11.5 Å². The highest BCUT2D eigenvalue weighted by Gasteiger charge is 2.34. The molecule has 2 aromatic carbocycles. The van der Waals surface area contributed by atoms with E-state index in [1.54, 1.807) is 33.1 Å². The van der Waals surface area contributed by atoms with Crippen LogP contribution in [0.25, 0.3) is 0 Å². The summed E-state index contributed by atoms with van der Waals surface area (Å²) in [6, 6.07) is 11.8. The average Bonchev–Trinajstić information content (AvgIpc) is 3.39. The number of fused-ring (bicyclic) bond motifs is 1.